The molecule has 1 aliphatic carbocycles. The van der Waals surface area contributed by atoms with Crippen molar-refractivity contribution in [1.82, 2.24) is 15.0 Å². The van der Waals surface area contributed by atoms with Crippen LogP contribution >= 0.6 is 0 Å². The summed E-state index contributed by atoms with van der Waals surface area (Å²) in [5, 5.41) is 4.35. The number of anilines is 2. The second kappa shape index (κ2) is 8.67. The first-order chi connectivity index (χ1) is 16.9. The Morgan fingerprint density at radius 1 is 1.14 bits per heavy atom. The van der Waals surface area contributed by atoms with Gasteiger partial charge < -0.3 is 20.5 Å². The van der Waals surface area contributed by atoms with Crippen LogP contribution in [0, 0.1) is 0 Å². The van der Waals surface area contributed by atoms with Crippen molar-refractivity contribution in [2.45, 2.75) is 56.4 Å². The Kier molecular flexibility index (Phi) is 5.87. The summed E-state index contributed by atoms with van der Waals surface area (Å²) >= 11 is 0. The highest BCUT2D eigenvalue weighted by Gasteiger charge is 2.38. The number of aromatic nitrogens is 3. The number of pyridine rings is 3. The third kappa shape index (κ3) is 4.60. The van der Waals surface area contributed by atoms with Gasteiger partial charge in [0.1, 0.15) is 17.7 Å². The molecule has 10 nitrogen and oxygen atoms in total. The standard InChI is InChI=1S/C25H29N5O5S/c1-13-12-34-24(31)16-5-6-20(30-22(13)16)29-21-9-17-18(10-27-21)23(28-11-19(17)25(2,3)26)35-14-7-15(8-14)36(4,32)33/h5-6,9-11,13-15H,7-8,12,26H2,1-4H3,(H,27,29,30)/t13-,14-,15+/m1/s1. The second-order valence-electron chi connectivity index (χ2n) is 10.2. The van der Waals surface area contributed by atoms with Gasteiger partial charge >= 0.3 is 5.97 Å². The zero-order valence-corrected chi connectivity index (χ0v) is 21.4. The Labute approximate surface area is 209 Å². The molecule has 0 bridgehead atoms. The van der Waals surface area contributed by atoms with Gasteiger partial charge in [0.2, 0.25) is 5.88 Å². The fourth-order valence-corrected chi connectivity index (χ4v) is 5.62. The lowest BCUT2D eigenvalue weighted by Gasteiger charge is -2.34. The minimum absolute atomic E-state index is 0.00626. The van der Waals surface area contributed by atoms with Crippen molar-refractivity contribution in [3.8, 4) is 5.88 Å². The third-order valence-corrected chi connectivity index (χ3v) is 8.29. The Bertz CT molecular complexity index is 1460. The van der Waals surface area contributed by atoms with E-state index in [4.69, 9.17) is 15.2 Å². The van der Waals surface area contributed by atoms with E-state index < -0.39 is 15.4 Å². The molecule has 3 N–H and O–H groups in total. The van der Waals surface area contributed by atoms with Gasteiger partial charge in [0, 0.05) is 42.9 Å². The van der Waals surface area contributed by atoms with Crippen LogP contribution in [0.1, 0.15) is 61.1 Å². The van der Waals surface area contributed by atoms with Crippen LogP contribution < -0.4 is 15.8 Å². The van der Waals surface area contributed by atoms with Crippen LogP contribution in [0.25, 0.3) is 10.8 Å². The highest BCUT2D eigenvalue weighted by atomic mass is 32.2. The van der Waals surface area contributed by atoms with Crippen LogP contribution in [0.3, 0.4) is 0 Å². The van der Waals surface area contributed by atoms with E-state index in [0.29, 0.717) is 53.6 Å². The molecule has 190 valence electrons. The molecule has 0 aromatic carbocycles. The molecule has 0 saturated heterocycles. The van der Waals surface area contributed by atoms with Gasteiger partial charge in [-0.15, -0.1) is 0 Å². The number of ether oxygens (including phenoxy) is 2. The number of hydrogen-bond donors (Lipinski definition) is 2. The van der Waals surface area contributed by atoms with Crippen LogP contribution in [0.15, 0.2) is 30.6 Å². The lowest BCUT2D eigenvalue weighted by molar-refractivity contribution is 0.0445. The number of nitrogens with zero attached hydrogens (tertiary/aromatic N) is 3. The van der Waals surface area contributed by atoms with Crippen molar-refractivity contribution < 1.29 is 22.7 Å². The van der Waals surface area contributed by atoms with Crippen molar-refractivity contribution in [1.29, 1.82) is 0 Å². The molecule has 0 unspecified atom stereocenters. The average Bonchev–Trinajstić information content (AvgIpc) is 2.76. The smallest absolute Gasteiger partial charge is 0.340 e. The fraction of sp³-hybridized carbons (Fsp3) is 0.440. The van der Waals surface area contributed by atoms with Crippen molar-refractivity contribution in [2.75, 3.05) is 18.2 Å². The zero-order chi connectivity index (χ0) is 25.8. The van der Waals surface area contributed by atoms with E-state index in [2.05, 4.69) is 20.3 Å². The van der Waals surface area contributed by atoms with Crippen LogP contribution in [-0.2, 0) is 20.1 Å². The predicted molar refractivity (Wildman–Crippen MR) is 135 cm³/mol. The summed E-state index contributed by atoms with van der Waals surface area (Å²) in [5.41, 5.74) is 7.73. The number of fused-ring (bicyclic) bond motifs is 2. The summed E-state index contributed by atoms with van der Waals surface area (Å²) in [7, 11) is -3.08. The molecule has 3 aromatic rings. The molecule has 5 rings (SSSR count). The molecule has 36 heavy (non-hydrogen) atoms. The summed E-state index contributed by atoms with van der Waals surface area (Å²) in [6, 6.07) is 5.29. The summed E-state index contributed by atoms with van der Waals surface area (Å²) in [4.78, 5) is 25.7. The number of carbonyl (C=O) groups is 1. The number of sulfone groups is 1. The third-order valence-electron chi connectivity index (χ3n) is 6.70. The first kappa shape index (κ1) is 24.4. The largest absolute Gasteiger partial charge is 0.474 e. The van der Waals surface area contributed by atoms with Gasteiger partial charge in [-0.2, -0.15) is 0 Å². The molecule has 0 radical (unpaired) electrons. The van der Waals surface area contributed by atoms with Crippen molar-refractivity contribution in [2.24, 2.45) is 5.73 Å². The topological polar surface area (TPSA) is 146 Å². The number of esters is 1. The van der Waals surface area contributed by atoms with Crippen molar-refractivity contribution >= 4 is 38.2 Å². The highest BCUT2D eigenvalue weighted by Crippen LogP contribution is 2.36. The predicted octanol–water partition coefficient (Wildman–Crippen LogP) is 3.19. The second-order valence-corrected chi connectivity index (χ2v) is 12.6. The number of cyclic esters (lactones) is 1. The van der Waals surface area contributed by atoms with Gasteiger partial charge in [-0.05, 0) is 43.0 Å². The van der Waals surface area contributed by atoms with Gasteiger partial charge in [-0.1, -0.05) is 6.92 Å². The quantitative estimate of drug-likeness (QED) is 0.473. The maximum absolute atomic E-state index is 12.0. The van der Waals surface area contributed by atoms with Crippen LogP contribution in [0.5, 0.6) is 5.88 Å². The molecule has 11 heteroatoms. The molecular weight excluding hydrogens is 482 g/mol. The lowest BCUT2D eigenvalue weighted by atomic mass is 9.92. The lowest BCUT2D eigenvalue weighted by Crippen LogP contribution is -2.42. The summed E-state index contributed by atoms with van der Waals surface area (Å²) in [6.07, 6.45) is 5.27. The number of rotatable bonds is 6. The Hall–Kier alpha value is -3.31. The number of nitrogens with two attached hydrogens (primary N) is 1. The zero-order valence-electron chi connectivity index (χ0n) is 20.6. The normalized spacial score (nSPS) is 21.9. The van der Waals surface area contributed by atoms with E-state index >= 15 is 0 Å². The minimum Gasteiger partial charge on any atom is -0.474 e. The SMILES string of the molecule is C[C@@H]1COC(=O)c2ccc(Nc3cc4c(C(C)(C)N)cnc(O[C@H]5C[C@@H](S(C)(=O)=O)C5)c4cn3)nc21. The first-order valence-corrected chi connectivity index (χ1v) is 13.7. The summed E-state index contributed by atoms with van der Waals surface area (Å²) in [5.74, 6) is 1.13. The van der Waals surface area contributed by atoms with E-state index in [1.807, 2.05) is 26.8 Å². The molecule has 1 atom stereocenters. The van der Waals surface area contributed by atoms with Crippen molar-refractivity contribution in [3.63, 3.8) is 0 Å². The maximum Gasteiger partial charge on any atom is 0.340 e. The molecule has 1 fully saturated rings. The van der Waals surface area contributed by atoms with Crippen molar-refractivity contribution in [3.05, 3.63) is 47.4 Å². The molecule has 1 saturated carbocycles. The molecule has 2 aliphatic rings. The molecule has 0 amide bonds. The molecule has 3 aromatic heterocycles. The van der Waals surface area contributed by atoms with E-state index in [1.165, 1.54) is 6.26 Å². The Morgan fingerprint density at radius 3 is 2.58 bits per heavy atom. The van der Waals surface area contributed by atoms with Crippen LogP contribution in [-0.4, -0.2) is 53.6 Å². The van der Waals surface area contributed by atoms with Gasteiger partial charge in [-0.3, -0.25) is 0 Å². The molecule has 4 heterocycles. The molecule has 0 spiro atoms. The maximum atomic E-state index is 12.0. The van der Waals surface area contributed by atoms with E-state index in [-0.39, 0.29) is 23.2 Å². The summed E-state index contributed by atoms with van der Waals surface area (Å²) in [6.45, 7) is 6.05. The Balaban J connectivity index is 1.46. The van der Waals surface area contributed by atoms with Crippen LogP contribution in [0.2, 0.25) is 0 Å². The minimum atomic E-state index is -3.08. The first-order valence-electron chi connectivity index (χ1n) is 11.8. The van der Waals surface area contributed by atoms with Gasteiger partial charge in [0.25, 0.3) is 0 Å². The molecular formula is C25H29N5O5S. The number of nitrogens with one attached hydrogen (secondary N) is 1. The van der Waals surface area contributed by atoms with Crippen LogP contribution in [0.4, 0.5) is 11.6 Å². The average molecular weight is 512 g/mol. The molecule has 1 aliphatic heterocycles. The van der Waals surface area contributed by atoms with Gasteiger partial charge in [0.15, 0.2) is 9.84 Å². The van der Waals surface area contributed by atoms with Gasteiger partial charge in [-0.25, -0.2) is 28.2 Å². The summed E-state index contributed by atoms with van der Waals surface area (Å²) < 4.78 is 34.7. The Morgan fingerprint density at radius 2 is 1.89 bits per heavy atom. The monoisotopic (exact) mass is 511 g/mol. The van der Waals surface area contributed by atoms with Gasteiger partial charge in [0.05, 0.1) is 28.5 Å². The van der Waals surface area contributed by atoms with E-state index in [0.717, 1.165) is 10.9 Å². The van der Waals surface area contributed by atoms with E-state index in [1.54, 1.807) is 24.5 Å². The number of hydrogen-bond acceptors (Lipinski definition) is 10. The van der Waals surface area contributed by atoms with E-state index in [9.17, 15) is 13.2 Å². The fourth-order valence-electron chi connectivity index (χ4n) is 4.49. The highest BCUT2D eigenvalue weighted by molar-refractivity contribution is 7.91. The number of carbonyl (C=O) groups excluding carboxylic acids is 1.